The fraction of sp³-hybridized carbons (Fsp3) is 0.440. The number of aryl methyl sites for hydroxylation is 1. The van der Waals surface area contributed by atoms with E-state index in [-0.39, 0.29) is 17.5 Å². The Balaban J connectivity index is 1.64. The van der Waals surface area contributed by atoms with Crippen LogP contribution in [0.3, 0.4) is 0 Å². The molecule has 0 aliphatic heterocycles. The number of carbonyl (C=O) groups excluding carboxylic acids is 1. The van der Waals surface area contributed by atoms with Gasteiger partial charge in [-0.2, -0.15) is 0 Å². The molecule has 3 aromatic rings. The van der Waals surface area contributed by atoms with Crippen LogP contribution in [-0.4, -0.2) is 42.3 Å². The highest BCUT2D eigenvalue weighted by atomic mass is 32.2. The minimum atomic E-state index is -3.56. The number of benzene rings is 2. The normalized spacial score (nSPS) is 15.9. The number of imidazole rings is 1. The number of fused-ring (bicyclic) bond motifs is 1. The third kappa shape index (κ3) is 4.29. The number of ether oxygens (including phenoxy) is 1. The van der Waals surface area contributed by atoms with Crippen LogP contribution in [0.5, 0.6) is 0 Å². The third-order valence-corrected chi connectivity index (χ3v) is 8.34. The highest BCUT2D eigenvalue weighted by Gasteiger charge is 2.44. The van der Waals surface area contributed by atoms with Crippen LogP contribution >= 0.6 is 0 Å². The van der Waals surface area contributed by atoms with Crippen LogP contribution < -0.4 is 0 Å². The maximum atomic E-state index is 13.3. The Morgan fingerprint density at radius 1 is 1.12 bits per heavy atom. The van der Waals surface area contributed by atoms with Gasteiger partial charge < -0.3 is 9.30 Å². The van der Waals surface area contributed by atoms with E-state index < -0.39 is 15.4 Å². The molecule has 176 valence electrons. The van der Waals surface area contributed by atoms with Crippen LogP contribution in [0.4, 0.5) is 0 Å². The van der Waals surface area contributed by atoms with Crippen molar-refractivity contribution in [3.63, 3.8) is 0 Å². The first-order valence-corrected chi connectivity index (χ1v) is 12.9. The van der Waals surface area contributed by atoms with E-state index in [2.05, 4.69) is 11.9 Å². The predicted molar refractivity (Wildman–Crippen MR) is 127 cm³/mol. The first-order chi connectivity index (χ1) is 15.8. The van der Waals surface area contributed by atoms with E-state index in [4.69, 9.17) is 4.74 Å². The smallest absolute Gasteiger partial charge is 0.317 e. The zero-order valence-corrected chi connectivity index (χ0v) is 20.3. The van der Waals surface area contributed by atoms with Gasteiger partial charge in [-0.05, 0) is 43.0 Å². The average molecular weight is 470 g/mol. The number of nitrogens with zero attached hydrogens (tertiary/aromatic N) is 3. The summed E-state index contributed by atoms with van der Waals surface area (Å²) < 4.78 is 34.2. The molecule has 0 spiro atoms. The van der Waals surface area contributed by atoms with Gasteiger partial charge >= 0.3 is 5.97 Å². The van der Waals surface area contributed by atoms with Crippen LogP contribution in [0.15, 0.2) is 53.4 Å². The first kappa shape index (κ1) is 23.4. The summed E-state index contributed by atoms with van der Waals surface area (Å²) in [5, 5.41) is 0. The number of hydrogen-bond acceptors (Lipinski definition) is 5. The monoisotopic (exact) mass is 469 g/mol. The van der Waals surface area contributed by atoms with Gasteiger partial charge in [0.2, 0.25) is 10.0 Å². The lowest BCUT2D eigenvalue weighted by molar-refractivity contribution is -0.152. The number of carbonyl (C=O) groups is 1. The highest BCUT2D eigenvalue weighted by molar-refractivity contribution is 7.89. The second kappa shape index (κ2) is 9.27. The Hall–Kier alpha value is -2.71. The number of esters is 1. The lowest BCUT2D eigenvalue weighted by Crippen LogP contribution is -2.34. The van der Waals surface area contributed by atoms with Crippen molar-refractivity contribution in [2.45, 2.75) is 62.5 Å². The fourth-order valence-electron chi connectivity index (χ4n) is 4.73. The Labute approximate surface area is 195 Å². The molecule has 0 atom stereocenters. The molecule has 1 aromatic heterocycles. The second-order valence-corrected chi connectivity index (χ2v) is 11.0. The minimum absolute atomic E-state index is 0.0534. The molecule has 33 heavy (non-hydrogen) atoms. The van der Waals surface area contributed by atoms with E-state index in [1.54, 1.807) is 18.2 Å². The molecular formula is C25H31N3O4S. The molecule has 8 heteroatoms. The van der Waals surface area contributed by atoms with E-state index in [9.17, 15) is 13.2 Å². The molecule has 1 saturated carbocycles. The quantitative estimate of drug-likeness (QED) is 0.461. The maximum Gasteiger partial charge on any atom is 0.317 e. The van der Waals surface area contributed by atoms with Gasteiger partial charge in [-0.3, -0.25) is 4.79 Å². The molecule has 0 radical (unpaired) electrons. The van der Waals surface area contributed by atoms with Crippen molar-refractivity contribution in [2.75, 3.05) is 14.1 Å². The topological polar surface area (TPSA) is 81.5 Å². The minimum Gasteiger partial charge on any atom is -0.457 e. The van der Waals surface area contributed by atoms with Crippen molar-refractivity contribution in [3.05, 3.63) is 59.9 Å². The van der Waals surface area contributed by atoms with Crippen molar-refractivity contribution in [3.8, 4) is 0 Å². The SMILES string of the molecule is CCCn1c(COC(=O)C2(c3ccccc3)CCCC2)nc2cc(S(=O)(=O)N(C)C)ccc21. The molecule has 1 heterocycles. The van der Waals surface area contributed by atoms with Gasteiger partial charge in [0.05, 0.1) is 21.3 Å². The molecule has 1 fully saturated rings. The fourth-order valence-corrected chi connectivity index (χ4v) is 5.65. The van der Waals surface area contributed by atoms with Crippen molar-refractivity contribution in [2.24, 2.45) is 0 Å². The summed E-state index contributed by atoms with van der Waals surface area (Å²) in [6.45, 7) is 2.82. The molecule has 0 amide bonds. The summed E-state index contributed by atoms with van der Waals surface area (Å²) in [5.41, 5.74) is 1.82. The molecule has 1 aliphatic rings. The maximum absolute atomic E-state index is 13.3. The summed E-state index contributed by atoms with van der Waals surface area (Å²) in [4.78, 5) is 18.2. The molecule has 1 aliphatic carbocycles. The summed E-state index contributed by atoms with van der Waals surface area (Å²) >= 11 is 0. The van der Waals surface area contributed by atoms with E-state index in [0.29, 0.717) is 17.9 Å². The van der Waals surface area contributed by atoms with Gasteiger partial charge in [0.1, 0.15) is 12.4 Å². The summed E-state index contributed by atoms with van der Waals surface area (Å²) in [6.07, 6.45) is 4.45. The lowest BCUT2D eigenvalue weighted by atomic mass is 9.79. The lowest BCUT2D eigenvalue weighted by Gasteiger charge is -2.27. The molecule has 2 aromatic carbocycles. The summed E-state index contributed by atoms with van der Waals surface area (Å²) in [7, 11) is -0.550. The number of hydrogen-bond donors (Lipinski definition) is 0. The standard InChI is InChI=1S/C25H31N3O4S/c1-4-16-28-22-13-12-20(33(30,31)27(2)3)17-21(22)26-23(28)18-32-24(29)25(14-8-9-15-25)19-10-6-5-7-11-19/h5-7,10-13,17H,4,8-9,14-16,18H2,1-3H3. The van der Waals surface area contributed by atoms with E-state index in [0.717, 1.165) is 43.2 Å². The van der Waals surface area contributed by atoms with Crippen molar-refractivity contribution < 1.29 is 17.9 Å². The summed E-state index contributed by atoms with van der Waals surface area (Å²) in [5.74, 6) is 0.415. The molecule has 7 nitrogen and oxygen atoms in total. The molecule has 0 N–H and O–H groups in total. The average Bonchev–Trinajstić information content (AvgIpc) is 3.44. The van der Waals surface area contributed by atoms with Gasteiger partial charge in [-0.1, -0.05) is 50.1 Å². The number of aromatic nitrogens is 2. The molecule has 0 saturated heterocycles. The van der Waals surface area contributed by atoms with Gasteiger partial charge in [-0.15, -0.1) is 0 Å². The zero-order chi connectivity index (χ0) is 23.6. The van der Waals surface area contributed by atoms with Gasteiger partial charge in [0, 0.05) is 20.6 Å². The van der Waals surface area contributed by atoms with Crippen molar-refractivity contribution >= 4 is 27.0 Å². The van der Waals surface area contributed by atoms with Crippen molar-refractivity contribution in [1.82, 2.24) is 13.9 Å². The Bertz CT molecular complexity index is 1240. The first-order valence-electron chi connectivity index (χ1n) is 11.4. The molecular weight excluding hydrogens is 438 g/mol. The molecule has 0 unspecified atom stereocenters. The Morgan fingerprint density at radius 2 is 1.82 bits per heavy atom. The predicted octanol–water partition coefficient (Wildman–Crippen LogP) is 4.25. The second-order valence-electron chi connectivity index (χ2n) is 8.85. The van der Waals surface area contributed by atoms with Gasteiger partial charge in [0.25, 0.3) is 0 Å². The van der Waals surface area contributed by atoms with Crippen LogP contribution in [-0.2, 0) is 38.1 Å². The van der Waals surface area contributed by atoms with E-state index in [1.807, 2.05) is 34.9 Å². The largest absolute Gasteiger partial charge is 0.457 e. The summed E-state index contributed by atoms with van der Waals surface area (Å²) in [6, 6.07) is 14.9. The van der Waals surface area contributed by atoms with Crippen LogP contribution in [0, 0.1) is 0 Å². The van der Waals surface area contributed by atoms with Gasteiger partial charge in [-0.25, -0.2) is 17.7 Å². The number of sulfonamides is 1. The van der Waals surface area contributed by atoms with Crippen LogP contribution in [0.2, 0.25) is 0 Å². The molecule has 0 bridgehead atoms. The van der Waals surface area contributed by atoms with Crippen LogP contribution in [0.25, 0.3) is 11.0 Å². The highest BCUT2D eigenvalue weighted by Crippen LogP contribution is 2.42. The van der Waals surface area contributed by atoms with E-state index in [1.165, 1.54) is 18.4 Å². The van der Waals surface area contributed by atoms with Crippen LogP contribution in [0.1, 0.15) is 50.4 Å². The third-order valence-electron chi connectivity index (χ3n) is 6.53. The Morgan fingerprint density at radius 3 is 2.45 bits per heavy atom. The van der Waals surface area contributed by atoms with E-state index >= 15 is 0 Å². The Kier molecular flexibility index (Phi) is 6.59. The molecule has 4 rings (SSSR count). The van der Waals surface area contributed by atoms with Crippen molar-refractivity contribution in [1.29, 1.82) is 0 Å². The number of rotatable bonds is 8. The zero-order valence-electron chi connectivity index (χ0n) is 19.5. The van der Waals surface area contributed by atoms with Gasteiger partial charge in [0.15, 0.2) is 0 Å².